The molecule has 0 spiro atoms. The van der Waals surface area contributed by atoms with Crippen LogP contribution in [0.3, 0.4) is 0 Å². The maximum atomic E-state index is 9.50. The molecule has 1 aromatic carbocycles. The first kappa shape index (κ1) is 12.1. The molecule has 0 saturated carbocycles. The molecule has 0 amide bonds. The minimum Gasteiger partial charge on any atom is -0.391 e. The van der Waals surface area contributed by atoms with E-state index in [1.807, 2.05) is 24.3 Å². The van der Waals surface area contributed by atoms with Crippen molar-refractivity contribution < 1.29 is 9.84 Å². The molecule has 3 nitrogen and oxygen atoms in total. The third-order valence-corrected chi connectivity index (χ3v) is 3.45. The van der Waals surface area contributed by atoms with Crippen molar-refractivity contribution >= 4 is 0 Å². The van der Waals surface area contributed by atoms with E-state index in [0.29, 0.717) is 6.42 Å². The Hall–Kier alpha value is -1.37. The lowest BCUT2D eigenvalue weighted by atomic mass is 9.97. The summed E-state index contributed by atoms with van der Waals surface area (Å²) in [5.41, 5.74) is 1.24. The van der Waals surface area contributed by atoms with Crippen molar-refractivity contribution in [3.63, 3.8) is 0 Å². The molecular formula is C14H17NO2. The van der Waals surface area contributed by atoms with Crippen molar-refractivity contribution in [3.05, 3.63) is 35.4 Å². The normalized spacial score (nSPS) is 26.0. The van der Waals surface area contributed by atoms with Crippen molar-refractivity contribution in [1.29, 1.82) is 5.26 Å². The summed E-state index contributed by atoms with van der Waals surface area (Å²) < 4.78 is 5.82. The molecule has 17 heavy (non-hydrogen) atoms. The summed E-state index contributed by atoms with van der Waals surface area (Å²) in [5.74, 6) is 0. The first-order valence-electron chi connectivity index (χ1n) is 5.94. The van der Waals surface area contributed by atoms with E-state index in [2.05, 4.69) is 6.07 Å². The molecule has 0 radical (unpaired) electrons. The Kier molecular flexibility index (Phi) is 3.19. The van der Waals surface area contributed by atoms with Gasteiger partial charge in [0, 0.05) is 5.56 Å². The van der Waals surface area contributed by atoms with E-state index >= 15 is 0 Å². The number of aryl methyl sites for hydroxylation is 1. The molecule has 0 aliphatic heterocycles. The molecule has 3 heteroatoms. The molecule has 3 atom stereocenters. The van der Waals surface area contributed by atoms with Gasteiger partial charge in [-0.25, -0.2) is 0 Å². The molecule has 1 aromatic rings. The first-order chi connectivity index (χ1) is 8.09. The van der Waals surface area contributed by atoms with Crippen molar-refractivity contribution in [3.8, 4) is 6.07 Å². The minimum atomic E-state index is -0.882. The third kappa shape index (κ3) is 2.06. The molecule has 2 rings (SSSR count). The Bertz CT molecular complexity index is 450. The molecule has 0 fully saturated rings. The summed E-state index contributed by atoms with van der Waals surface area (Å²) in [5, 5.41) is 18.9. The number of fused-ring (bicyclic) bond motifs is 1. The van der Waals surface area contributed by atoms with Gasteiger partial charge in [0.05, 0.1) is 12.2 Å². The van der Waals surface area contributed by atoms with Crippen molar-refractivity contribution in [2.75, 3.05) is 0 Å². The highest BCUT2D eigenvalue weighted by Gasteiger charge is 2.41. The van der Waals surface area contributed by atoms with Crippen LogP contribution in [-0.4, -0.2) is 17.3 Å². The van der Waals surface area contributed by atoms with E-state index in [1.165, 1.54) is 5.56 Å². The fraction of sp³-hybridized carbons (Fsp3) is 0.500. The molecule has 1 N–H and O–H groups in total. The van der Waals surface area contributed by atoms with Crippen LogP contribution in [0.25, 0.3) is 0 Å². The highest BCUT2D eigenvalue weighted by Crippen LogP contribution is 2.40. The Labute approximate surface area is 102 Å². The van der Waals surface area contributed by atoms with Gasteiger partial charge in [0.15, 0.2) is 5.60 Å². The Morgan fingerprint density at radius 1 is 1.41 bits per heavy atom. The average molecular weight is 231 g/mol. The second-order valence-corrected chi connectivity index (χ2v) is 4.66. The zero-order valence-electron chi connectivity index (χ0n) is 10.2. The van der Waals surface area contributed by atoms with Gasteiger partial charge >= 0.3 is 0 Å². The van der Waals surface area contributed by atoms with Gasteiger partial charge in [0.2, 0.25) is 0 Å². The predicted molar refractivity (Wildman–Crippen MR) is 64.3 cm³/mol. The van der Waals surface area contributed by atoms with Crippen LogP contribution in [0.5, 0.6) is 0 Å². The minimum absolute atomic E-state index is 0.346. The van der Waals surface area contributed by atoms with E-state index in [1.54, 1.807) is 13.8 Å². The maximum Gasteiger partial charge on any atom is 0.180 e. The van der Waals surface area contributed by atoms with E-state index < -0.39 is 11.7 Å². The number of rotatable bonds is 3. The average Bonchev–Trinajstić information content (AvgIpc) is 2.69. The van der Waals surface area contributed by atoms with Crippen molar-refractivity contribution in [2.45, 2.75) is 44.5 Å². The van der Waals surface area contributed by atoms with Crippen LogP contribution in [0, 0.1) is 11.3 Å². The second kappa shape index (κ2) is 4.48. The van der Waals surface area contributed by atoms with E-state index in [0.717, 1.165) is 12.0 Å². The van der Waals surface area contributed by atoms with Gasteiger partial charge < -0.3 is 9.84 Å². The number of nitrogens with zero attached hydrogens (tertiary/aromatic N) is 1. The first-order valence-corrected chi connectivity index (χ1v) is 5.94. The predicted octanol–water partition coefficient (Wildman–Crippen LogP) is 2.14. The van der Waals surface area contributed by atoms with Gasteiger partial charge in [-0.2, -0.15) is 5.26 Å². The SMILES string of the molecule is CC(O)C(C)OC1(C#N)CCc2ccccc21. The number of aliphatic hydroxyl groups excluding tert-OH is 1. The Morgan fingerprint density at radius 3 is 2.76 bits per heavy atom. The Balaban J connectivity index is 2.32. The maximum absolute atomic E-state index is 9.50. The summed E-state index contributed by atoms with van der Waals surface area (Å²) >= 11 is 0. The molecule has 1 aliphatic rings. The number of hydrogen-bond donors (Lipinski definition) is 1. The van der Waals surface area contributed by atoms with Crippen molar-refractivity contribution in [2.24, 2.45) is 0 Å². The molecule has 0 bridgehead atoms. The monoisotopic (exact) mass is 231 g/mol. The molecule has 0 heterocycles. The summed E-state index contributed by atoms with van der Waals surface area (Å²) in [6.07, 6.45) is 0.602. The summed E-state index contributed by atoms with van der Waals surface area (Å²) in [4.78, 5) is 0. The van der Waals surface area contributed by atoms with Crippen LogP contribution in [0.4, 0.5) is 0 Å². The fourth-order valence-corrected chi connectivity index (χ4v) is 2.26. The van der Waals surface area contributed by atoms with Crippen LogP contribution >= 0.6 is 0 Å². The van der Waals surface area contributed by atoms with E-state index in [9.17, 15) is 10.4 Å². The summed E-state index contributed by atoms with van der Waals surface area (Å²) in [6, 6.07) is 10.2. The fourth-order valence-electron chi connectivity index (χ4n) is 2.26. The van der Waals surface area contributed by atoms with E-state index in [4.69, 9.17) is 4.74 Å². The molecular weight excluding hydrogens is 214 g/mol. The lowest BCUT2D eigenvalue weighted by molar-refractivity contribution is -0.0984. The number of ether oxygens (including phenoxy) is 1. The lowest BCUT2D eigenvalue weighted by Crippen LogP contribution is -2.34. The van der Waals surface area contributed by atoms with Crippen LogP contribution in [-0.2, 0) is 16.8 Å². The quantitative estimate of drug-likeness (QED) is 0.867. The standard InChI is InChI=1S/C14H17NO2/c1-10(16)11(2)17-14(9-15)8-7-12-5-3-4-6-13(12)14/h3-6,10-11,16H,7-8H2,1-2H3. The van der Waals surface area contributed by atoms with E-state index in [-0.39, 0.29) is 6.10 Å². The van der Waals surface area contributed by atoms with Crippen molar-refractivity contribution in [1.82, 2.24) is 0 Å². The van der Waals surface area contributed by atoms with Gasteiger partial charge in [-0.15, -0.1) is 0 Å². The third-order valence-electron chi connectivity index (χ3n) is 3.45. The van der Waals surface area contributed by atoms with Crippen LogP contribution < -0.4 is 0 Å². The van der Waals surface area contributed by atoms with Crippen LogP contribution in [0.2, 0.25) is 0 Å². The topological polar surface area (TPSA) is 53.2 Å². The van der Waals surface area contributed by atoms with Gasteiger partial charge in [-0.1, -0.05) is 24.3 Å². The zero-order chi connectivity index (χ0) is 12.5. The number of benzene rings is 1. The Morgan fingerprint density at radius 2 is 2.12 bits per heavy atom. The van der Waals surface area contributed by atoms with Crippen LogP contribution in [0.1, 0.15) is 31.4 Å². The molecule has 0 aromatic heterocycles. The zero-order valence-corrected chi connectivity index (χ0v) is 10.2. The molecule has 0 saturated heterocycles. The lowest BCUT2D eigenvalue weighted by Gasteiger charge is -2.28. The van der Waals surface area contributed by atoms with Gasteiger partial charge in [0.1, 0.15) is 6.07 Å². The highest BCUT2D eigenvalue weighted by molar-refractivity contribution is 5.41. The smallest absolute Gasteiger partial charge is 0.180 e. The molecule has 1 aliphatic carbocycles. The molecule has 90 valence electrons. The van der Waals surface area contributed by atoms with Gasteiger partial charge in [-0.05, 0) is 32.3 Å². The number of hydrogen-bond acceptors (Lipinski definition) is 3. The largest absolute Gasteiger partial charge is 0.391 e. The van der Waals surface area contributed by atoms with Gasteiger partial charge in [-0.3, -0.25) is 0 Å². The number of aliphatic hydroxyl groups is 1. The summed E-state index contributed by atoms with van der Waals surface area (Å²) in [6.45, 7) is 3.47. The molecule has 3 unspecified atom stereocenters. The highest BCUT2D eigenvalue weighted by atomic mass is 16.5. The second-order valence-electron chi connectivity index (χ2n) is 4.66. The van der Waals surface area contributed by atoms with Crippen LogP contribution in [0.15, 0.2) is 24.3 Å². The summed E-state index contributed by atoms with van der Waals surface area (Å²) in [7, 11) is 0. The number of nitriles is 1. The van der Waals surface area contributed by atoms with Gasteiger partial charge in [0.25, 0.3) is 0 Å².